The van der Waals surface area contributed by atoms with Gasteiger partial charge in [-0.15, -0.1) is 0 Å². The highest BCUT2D eigenvalue weighted by molar-refractivity contribution is 5.98. The number of nitro groups is 1. The fraction of sp³-hybridized carbons (Fsp3) is 0.400. The second-order valence-electron chi connectivity index (χ2n) is 5.69. The van der Waals surface area contributed by atoms with Gasteiger partial charge in [0.15, 0.2) is 0 Å². The van der Waals surface area contributed by atoms with Gasteiger partial charge in [0.2, 0.25) is 11.8 Å². The molecule has 10 heteroatoms. The fourth-order valence-corrected chi connectivity index (χ4v) is 2.68. The van der Waals surface area contributed by atoms with Crippen LogP contribution < -0.4 is 11.1 Å². The van der Waals surface area contributed by atoms with Crippen molar-refractivity contribution in [3.63, 3.8) is 0 Å². The number of aliphatic carboxylic acids is 1. The number of rotatable bonds is 6. The number of hydrogen-bond acceptors (Lipinski definition) is 6. The number of hydrogen-bond donors (Lipinski definition) is 3. The van der Waals surface area contributed by atoms with E-state index in [9.17, 15) is 24.5 Å². The van der Waals surface area contributed by atoms with E-state index in [4.69, 9.17) is 10.8 Å². The van der Waals surface area contributed by atoms with Crippen molar-refractivity contribution in [2.45, 2.75) is 31.3 Å². The summed E-state index contributed by atoms with van der Waals surface area (Å²) in [7, 11) is 0. The van der Waals surface area contributed by atoms with Crippen molar-refractivity contribution < 1.29 is 24.4 Å². The van der Waals surface area contributed by atoms with Crippen molar-refractivity contribution in [2.75, 3.05) is 11.9 Å². The average molecular weight is 350 g/mol. The number of carboxylic acid groups (broad SMARTS) is 1. The smallest absolute Gasteiger partial charge is 0.305 e. The van der Waals surface area contributed by atoms with Crippen LogP contribution in [0.5, 0.6) is 0 Å². The molecule has 0 aliphatic carbocycles. The molecule has 1 aromatic rings. The minimum absolute atomic E-state index is 0.102. The van der Waals surface area contributed by atoms with Gasteiger partial charge in [-0.1, -0.05) is 0 Å². The lowest BCUT2D eigenvalue weighted by molar-refractivity contribution is -0.384. The Labute approximate surface area is 142 Å². The summed E-state index contributed by atoms with van der Waals surface area (Å²) in [5, 5.41) is 22.0. The van der Waals surface area contributed by atoms with Gasteiger partial charge in [-0.05, 0) is 25.0 Å². The molecule has 1 saturated heterocycles. The van der Waals surface area contributed by atoms with Crippen LogP contribution in [0.1, 0.15) is 19.3 Å². The van der Waals surface area contributed by atoms with E-state index in [1.165, 1.54) is 29.2 Å². The van der Waals surface area contributed by atoms with Gasteiger partial charge < -0.3 is 21.1 Å². The molecule has 0 aromatic heterocycles. The summed E-state index contributed by atoms with van der Waals surface area (Å²) >= 11 is 0. The van der Waals surface area contributed by atoms with E-state index in [2.05, 4.69) is 5.32 Å². The zero-order valence-corrected chi connectivity index (χ0v) is 13.3. The normalized spacial score (nSPS) is 17.8. The molecular weight excluding hydrogens is 332 g/mol. The quantitative estimate of drug-likeness (QED) is 0.493. The molecule has 10 nitrogen and oxygen atoms in total. The van der Waals surface area contributed by atoms with Gasteiger partial charge >= 0.3 is 5.97 Å². The van der Waals surface area contributed by atoms with Crippen LogP contribution in [0.2, 0.25) is 0 Å². The van der Waals surface area contributed by atoms with Crippen molar-refractivity contribution in [2.24, 2.45) is 5.73 Å². The molecule has 2 amide bonds. The first-order valence-corrected chi connectivity index (χ1v) is 7.62. The Balaban J connectivity index is 2.03. The van der Waals surface area contributed by atoms with Crippen LogP contribution in [0, 0.1) is 10.1 Å². The lowest BCUT2D eigenvalue weighted by Crippen LogP contribution is -2.50. The molecule has 134 valence electrons. The Bertz CT molecular complexity index is 690. The molecule has 0 radical (unpaired) electrons. The number of carboxylic acids is 1. The standard InChI is InChI=1S/C15H18N4O6/c16-11(8-13(20)21)15(23)18-7-1-2-12(18)14(22)17-9-3-5-10(6-4-9)19(24)25/h3-6,11-12H,1-2,7-8,16H2,(H,17,22)(H,20,21)/t11-,12-/m0/s1. The van der Waals surface area contributed by atoms with Gasteiger partial charge in [-0.25, -0.2) is 0 Å². The number of non-ortho nitro benzene ring substituents is 1. The maximum Gasteiger partial charge on any atom is 0.305 e. The van der Waals surface area contributed by atoms with Crippen LogP contribution in [0.3, 0.4) is 0 Å². The third kappa shape index (κ3) is 4.51. The van der Waals surface area contributed by atoms with E-state index in [-0.39, 0.29) is 5.69 Å². The highest BCUT2D eigenvalue weighted by Crippen LogP contribution is 2.21. The molecule has 1 heterocycles. The third-order valence-electron chi connectivity index (χ3n) is 3.90. The first kappa shape index (κ1) is 18.3. The predicted octanol–water partition coefficient (Wildman–Crippen LogP) is 0.326. The van der Waals surface area contributed by atoms with Crippen LogP contribution >= 0.6 is 0 Å². The van der Waals surface area contributed by atoms with Crippen molar-refractivity contribution in [1.82, 2.24) is 4.90 Å². The molecule has 0 bridgehead atoms. The van der Waals surface area contributed by atoms with E-state index in [1.54, 1.807) is 0 Å². The van der Waals surface area contributed by atoms with E-state index >= 15 is 0 Å². The number of anilines is 1. The number of nitrogens with two attached hydrogens (primary N) is 1. The van der Waals surface area contributed by atoms with Gasteiger partial charge in [0.05, 0.1) is 17.4 Å². The predicted molar refractivity (Wildman–Crippen MR) is 86.7 cm³/mol. The lowest BCUT2D eigenvalue weighted by atomic mass is 10.1. The number of amides is 2. The number of carbonyl (C=O) groups excluding carboxylic acids is 2. The van der Waals surface area contributed by atoms with Crippen LogP contribution in [0.15, 0.2) is 24.3 Å². The first-order valence-electron chi connectivity index (χ1n) is 7.62. The van der Waals surface area contributed by atoms with Crippen LogP contribution in [-0.4, -0.2) is 51.3 Å². The summed E-state index contributed by atoms with van der Waals surface area (Å²) < 4.78 is 0. The zero-order valence-electron chi connectivity index (χ0n) is 13.3. The molecular formula is C15H18N4O6. The molecule has 1 aliphatic heterocycles. The molecule has 0 unspecified atom stereocenters. The second-order valence-corrected chi connectivity index (χ2v) is 5.69. The number of carbonyl (C=O) groups is 3. The summed E-state index contributed by atoms with van der Waals surface area (Å²) in [6.07, 6.45) is 0.528. The van der Waals surface area contributed by atoms with Gasteiger partial charge in [0.25, 0.3) is 5.69 Å². The van der Waals surface area contributed by atoms with Gasteiger partial charge in [-0.2, -0.15) is 0 Å². The molecule has 1 aliphatic rings. The Hall–Kier alpha value is -3.01. The van der Waals surface area contributed by atoms with Crippen molar-refractivity contribution in [1.29, 1.82) is 0 Å². The number of nitrogens with zero attached hydrogens (tertiary/aromatic N) is 2. The number of benzene rings is 1. The van der Waals surface area contributed by atoms with Crippen LogP contribution in [0.4, 0.5) is 11.4 Å². The van der Waals surface area contributed by atoms with Crippen molar-refractivity contribution >= 4 is 29.2 Å². The molecule has 2 atom stereocenters. The van der Waals surface area contributed by atoms with Gasteiger partial charge in [0, 0.05) is 24.4 Å². The highest BCUT2D eigenvalue weighted by atomic mass is 16.6. The second kappa shape index (κ2) is 7.71. The first-order chi connectivity index (χ1) is 11.8. The van der Waals surface area contributed by atoms with E-state index in [1.807, 2.05) is 0 Å². The zero-order chi connectivity index (χ0) is 18.6. The minimum Gasteiger partial charge on any atom is -0.481 e. The molecule has 0 saturated carbocycles. The number of nitro benzene ring substituents is 1. The van der Waals surface area contributed by atoms with Gasteiger partial charge in [-0.3, -0.25) is 24.5 Å². The number of likely N-dealkylation sites (tertiary alicyclic amines) is 1. The monoisotopic (exact) mass is 350 g/mol. The van der Waals surface area contributed by atoms with E-state index in [0.29, 0.717) is 25.1 Å². The molecule has 2 rings (SSSR count). The van der Waals surface area contributed by atoms with Crippen molar-refractivity contribution in [3.8, 4) is 0 Å². The summed E-state index contributed by atoms with van der Waals surface area (Å²) in [4.78, 5) is 46.7. The summed E-state index contributed by atoms with van der Waals surface area (Å²) in [6.45, 7) is 0.324. The van der Waals surface area contributed by atoms with Gasteiger partial charge in [0.1, 0.15) is 6.04 Å². The Morgan fingerprint density at radius 2 is 2.00 bits per heavy atom. The molecule has 1 fully saturated rings. The van der Waals surface area contributed by atoms with Crippen LogP contribution in [-0.2, 0) is 14.4 Å². The Kier molecular flexibility index (Phi) is 5.65. The lowest BCUT2D eigenvalue weighted by Gasteiger charge is -2.26. The summed E-state index contributed by atoms with van der Waals surface area (Å²) in [6, 6.07) is 3.36. The summed E-state index contributed by atoms with van der Waals surface area (Å²) in [5.74, 6) is -2.21. The molecule has 4 N–H and O–H groups in total. The minimum atomic E-state index is -1.20. The maximum atomic E-state index is 12.4. The number of nitrogens with one attached hydrogen (secondary N) is 1. The molecule has 25 heavy (non-hydrogen) atoms. The SMILES string of the molecule is N[C@@H](CC(=O)O)C(=O)N1CCC[C@H]1C(=O)Nc1ccc([N+](=O)[O-])cc1. The summed E-state index contributed by atoms with van der Waals surface area (Å²) in [5.41, 5.74) is 5.85. The Morgan fingerprint density at radius 3 is 2.56 bits per heavy atom. The van der Waals surface area contributed by atoms with E-state index in [0.717, 1.165) is 0 Å². The third-order valence-corrected chi connectivity index (χ3v) is 3.90. The average Bonchev–Trinajstić information content (AvgIpc) is 3.03. The molecule has 0 spiro atoms. The Morgan fingerprint density at radius 1 is 1.36 bits per heavy atom. The highest BCUT2D eigenvalue weighted by Gasteiger charge is 2.36. The fourth-order valence-electron chi connectivity index (χ4n) is 2.68. The largest absolute Gasteiger partial charge is 0.481 e. The van der Waals surface area contributed by atoms with E-state index < -0.39 is 41.2 Å². The maximum absolute atomic E-state index is 12.4. The van der Waals surface area contributed by atoms with Crippen molar-refractivity contribution in [3.05, 3.63) is 34.4 Å². The van der Waals surface area contributed by atoms with Crippen LogP contribution in [0.25, 0.3) is 0 Å². The topological polar surface area (TPSA) is 156 Å². The molecule has 1 aromatic carbocycles.